The Kier molecular flexibility index (Phi) is 3.28. The van der Waals surface area contributed by atoms with E-state index < -0.39 is 12.2 Å². The fourth-order valence-electron chi connectivity index (χ4n) is 3.48. The second-order valence-electron chi connectivity index (χ2n) is 7.00. The molecule has 2 aliphatic rings. The van der Waals surface area contributed by atoms with Crippen molar-refractivity contribution in [1.29, 1.82) is 0 Å². The van der Waals surface area contributed by atoms with Crippen LogP contribution < -0.4 is 15.2 Å². The molecular weight excluding hydrogens is 384 g/mol. The van der Waals surface area contributed by atoms with Crippen LogP contribution in [0.15, 0.2) is 12.1 Å². The van der Waals surface area contributed by atoms with Gasteiger partial charge in [-0.05, 0) is 19.1 Å². The van der Waals surface area contributed by atoms with E-state index in [9.17, 15) is 17.6 Å². The van der Waals surface area contributed by atoms with E-state index in [1.807, 2.05) is 0 Å². The van der Waals surface area contributed by atoms with E-state index in [4.69, 9.17) is 5.73 Å². The fourth-order valence-corrected chi connectivity index (χ4v) is 3.48. The van der Waals surface area contributed by atoms with Gasteiger partial charge in [-0.3, -0.25) is 4.90 Å². The normalized spacial score (nSPS) is 21.2. The first-order chi connectivity index (χ1) is 13.1. The Morgan fingerprint density at radius 2 is 1.93 bits per heavy atom. The van der Waals surface area contributed by atoms with Crippen LogP contribution in [0.1, 0.15) is 12.7 Å². The molecule has 1 aromatic carbocycles. The van der Waals surface area contributed by atoms with Crippen molar-refractivity contribution < 1.29 is 27.0 Å². The molecule has 28 heavy (non-hydrogen) atoms. The zero-order valence-electron chi connectivity index (χ0n) is 14.5. The number of alkyl halides is 4. The molecule has 2 aliphatic heterocycles. The maximum Gasteiger partial charge on any atom is 0.586 e. The van der Waals surface area contributed by atoms with Gasteiger partial charge in [0.1, 0.15) is 5.52 Å². The molecule has 0 spiro atoms. The lowest BCUT2D eigenvalue weighted by Gasteiger charge is -2.42. The Morgan fingerprint density at radius 3 is 2.64 bits per heavy atom. The SMILES string of the molecule is CC(Cc1nc2c3ccc4c(c3nc(N)n2n1)OC(F)(F)O4)N1CC(F)(F)C1. The van der Waals surface area contributed by atoms with Crippen molar-refractivity contribution in [2.24, 2.45) is 0 Å². The molecule has 0 bridgehead atoms. The maximum atomic E-state index is 13.4. The van der Waals surface area contributed by atoms with Crippen LogP contribution in [-0.4, -0.2) is 55.8 Å². The summed E-state index contributed by atoms with van der Waals surface area (Å²) in [6.07, 6.45) is -3.46. The number of hydrogen-bond donors (Lipinski definition) is 1. The average molecular weight is 398 g/mol. The number of aromatic nitrogens is 4. The highest BCUT2D eigenvalue weighted by Gasteiger charge is 2.46. The second-order valence-corrected chi connectivity index (χ2v) is 7.00. The third-order valence-corrected chi connectivity index (χ3v) is 4.85. The van der Waals surface area contributed by atoms with Gasteiger partial charge in [-0.25, -0.2) is 18.7 Å². The smallest absolute Gasteiger partial charge is 0.395 e. The van der Waals surface area contributed by atoms with E-state index in [0.29, 0.717) is 23.3 Å². The molecule has 2 N–H and O–H groups in total. The van der Waals surface area contributed by atoms with Crippen molar-refractivity contribution in [3.8, 4) is 11.5 Å². The molecule has 12 heteroatoms. The van der Waals surface area contributed by atoms with E-state index >= 15 is 0 Å². The summed E-state index contributed by atoms with van der Waals surface area (Å²) in [6, 6.07) is 2.64. The third kappa shape index (κ3) is 2.58. The fraction of sp³-hybridized carbons (Fsp3) is 0.438. The van der Waals surface area contributed by atoms with Gasteiger partial charge in [0.15, 0.2) is 23.0 Å². The number of anilines is 1. The van der Waals surface area contributed by atoms with Crippen LogP contribution >= 0.6 is 0 Å². The molecule has 3 aromatic rings. The second kappa shape index (κ2) is 5.34. The number of ether oxygens (including phenoxy) is 2. The van der Waals surface area contributed by atoms with Crippen LogP contribution in [0.25, 0.3) is 16.6 Å². The maximum absolute atomic E-state index is 13.4. The topological polar surface area (TPSA) is 90.8 Å². The molecule has 148 valence electrons. The van der Waals surface area contributed by atoms with Crippen LogP contribution in [0.5, 0.6) is 11.5 Å². The Bertz CT molecular complexity index is 1110. The number of likely N-dealkylation sites (tertiary alicyclic amines) is 1. The summed E-state index contributed by atoms with van der Waals surface area (Å²) in [6.45, 7) is 1.21. The summed E-state index contributed by atoms with van der Waals surface area (Å²) in [5.41, 5.74) is 6.30. The Hall–Kier alpha value is -2.89. The minimum Gasteiger partial charge on any atom is -0.395 e. The molecule has 1 fully saturated rings. The van der Waals surface area contributed by atoms with Gasteiger partial charge in [-0.15, -0.1) is 13.9 Å². The Morgan fingerprint density at radius 1 is 1.18 bits per heavy atom. The van der Waals surface area contributed by atoms with Crippen LogP contribution in [-0.2, 0) is 6.42 Å². The van der Waals surface area contributed by atoms with Crippen molar-refractivity contribution >= 4 is 22.5 Å². The van der Waals surface area contributed by atoms with E-state index in [2.05, 4.69) is 24.5 Å². The molecule has 0 aliphatic carbocycles. The summed E-state index contributed by atoms with van der Waals surface area (Å²) in [5, 5.41) is 4.68. The van der Waals surface area contributed by atoms with Gasteiger partial charge in [0.2, 0.25) is 5.95 Å². The molecule has 5 rings (SSSR count). The molecule has 1 atom stereocenters. The van der Waals surface area contributed by atoms with E-state index in [0.717, 1.165) is 0 Å². The van der Waals surface area contributed by atoms with Crippen LogP contribution in [0.2, 0.25) is 0 Å². The molecule has 8 nitrogen and oxygen atoms in total. The molecule has 0 radical (unpaired) electrons. The molecule has 4 heterocycles. The standard InChI is InChI=1S/C16H14F4N6O2/c1-7(25-5-15(17,18)6-25)4-10-22-13-8-2-3-9-12(28-16(19,20)27-9)11(8)23-14(21)26(13)24-10/h2-3,7H,4-6H2,1H3,(H2,21,23). The lowest BCUT2D eigenvalue weighted by molar-refractivity contribution is -0.286. The number of nitrogens with two attached hydrogens (primary N) is 1. The summed E-state index contributed by atoms with van der Waals surface area (Å²) in [7, 11) is 0. The van der Waals surface area contributed by atoms with Gasteiger partial charge in [0.05, 0.1) is 13.1 Å². The molecule has 1 saturated heterocycles. The van der Waals surface area contributed by atoms with E-state index in [1.165, 1.54) is 16.6 Å². The van der Waals surface area contributed by atoms with Crippen molar-refractivity contribution in [2.75, 3.05) is 18.8 Å². The van der Waals surface area contributed by atoms with Gasteiger partial charge in [-0.1, -0.05) is 0 Å². The minimum absolute atomic E-state index is 0.0726. The molecule has 2 aromatic heterocycles. The van der Waals surface area contributed by atoms with Crippen molar-refractivity contribution in [2.45, 2.75) is 31.6 Å². The van der Waals surface area contributed by atoms with Gasteiger partial charge in [0, 0.05) is 17.8 Å². The zero-order chi connectivity index (χ0) is 19.8. The summed E-state index contributed by atoms with van der Waals surface area (Å²) in [4.78, 5) is 10.2. The number of benzene rings is 1. The predicted octanol–water partition coefficient (Wildman–Crippen LogP) is 2.06. The highest BCUT2D eigenvalue weighted by molar-refractivity contribution is 5.97. The molecule has 0 amide bonds. The van der Waals surface area contributed by atoms with Gasteiger partial charge in [-0.2, -0.15) is 4.52 Å². The first kappa shape index (κ1) is 17.2. The monoisotopic (exact) mass is 398 g/mol. The van der Waals surface area contributed by atoms with Gasteiger partial charge in [0.25, 0.3) is 5.92 Å². The van der Waals surface area contributed by atoms with Crippen molar-refractivity contribution in [3.63, 3.8) is 0 Å². The highest BCUT2D eigenvalue weighted by Crippen LogP contribution is 2.45. The Balaban J connectivity index is 1.53. The number of rotatable bonds is 3. The molecular formula is C16H14F4N6O2. The lowest BCUT2D eigenvalue weighted by Crippen LogP contribution is -2.59. The van der Waals surface area contributed by atoms with Crippen LogP contribution in [0.4, 0.5) is 23.5 Å². The van der Waals surface area contributed by atoms with E-state index in [-0.39, 0.29) is 42.1 Å². The van der Waals surface area contributed by atoms with Crippen molar-refractivity contribution in [1.82, 2.24) is 24.5 Å². The van der Waals surface area contributed by atoms with Gasteiger partial charge < -0.3 is 15.2 Å². The Labute approximate surface area is 154 Å². The number of hydrogen-bond acceptors (Lipinski definition) is 7. The average Bonchev–Trinajstić information content (AvgIpc) is 3.12. The number of halogens is 4. The molecule has 1 unspecified atom stereocenters. The summed E-state index contributed by atoms with van der Waals surface area (Å²) >= 11 is 0. The summed E-state index contributed by atoms with van der Waals surface area (Å²) < 4.78 is 63.2. The molecule has 0 saturated carbocycles. The predicted molar refractivity (Wildman–Crippen MR) is 88.6 cm³/mol. The van der Waals surface area contributed by atoms with Crippen LogP contribution in [0, 0.1) is 0 Å². The number of fused-ring (bicyclic) bond motifs is 5. The van der Waals surface area contributed by atoms with E-state index in [1.54, 1.807) is 11.8 Å². The highest BCUT2D eigenvalue weighted by atomic mass is 19.3. The summed E-state index contributed by atoms with van der Waals surface area (Å²) in [5.74, 6) is -2.73. The van der Waals surface area contributed by atoms with Crippen LogP contribution in [0.3, 0.4) is 0 Å². The first-order valence-corrected chi connectivity index (χ1v) is 8.47. The zero-order valence-corrected chi connectivity index (χ0v) is 14.5. The number of nitrogen functional groups attached to an aromatic ring is 1. The minimum atomic E-state index is -3.78. The third-order valence-electron chi connectivity index (χ3n) is 4.85. The lowest BCUT2D eigenvalue weighted by atomic mass is 10.1. The van der Waals surface area contributed by atoms with Gasteiger partial charge >= 0.3 is 6.29 Å². The van der Waals surface area contributed by atoms with Crippen molar-refractivity contribution in [3.05, 3.63) is 18.0 Å². The quantitative estimate of drug-likeness (QED) is 0.676. The first-order valence-electron chi connectivity index (χ1n) is 8.47. The number of nitrogens with zero attached hydrogens (tertiary/aromatic N) is 5. The largest absolute Gasteiger partial charge is 0.586 e.